The first-order valence-electron chi connectivity index (χ1n) is 6.07. The SMILES string of the molecule is CCCNCCNS(=O)(=O)c1cccc(C(N)=O)c1. The van der Waals surface area contributed by atoms with Crippen LogP contribution >= 0.6 is 0 Å². The highest BCUT2D eigenvalue weighted by Gasteiger charge is 2.14. The highest BCUT2D eigenvalue weighted by atomic mass is 32.2. The number of rotatable bonds is 8. The summed E-state index contributed by atoms with van der Waals surface area (Å²) >= 11 is 0. The Morgan fingerprint density at radius 1 is 1.26 bits per heavy atom. The second-order valence-corrected chi connectivity index (χ2v) is 5.81. The van der Waals surface area contributed by atoms with E-state index in [4.69, 9.17) is 5.73 Å². The lowest BCUT2D eigenvalue weighted by Gasteiger charge is -2.08. The first-order valence-corrected chi connectivity index (χ1v) is 7.56. The third-order valence-corrected chi connectivity index (χ3v) is 3.91. The van der Waals surface area contributed by atoms with Crippen molar-refractivity contribution in [3.05, 3.63) is 29.8 Å². The second-order valence-electron chi connectivity index (χ2n) is 4.04. The minimum absolute atomic E-state index is 0.0410. The van der Waals surface area contributed by atoms with Gasteiger partial charge in [-0.1, -0.05) is 13.0 Å². The monoisotopic (exact) mass is 285 g/mol. The van der Waals surface area contributed by atoms with E-state index in [1.165, 1.54) is 24.3 Å². The topological polar surface area (TPSA) is 101 Å². The van der Waals surface area contributed by atoms with E-state index in [1.54, 1.807) is 0 Å². The van der Waals surface area contributed by atoms with Gasteiger partial charge in [0.05, 0.1) is 4.90 Å². The van der Waals surface area contributed by atoms with Crippen molar-refractivity contribution in [2.45, 2.75) is 18.2 Å². The summed E-state index contributed by atoms with van der Waals surface area (Å²) in [5, 5.41) is 3.09. The van der Waals surface area contributed by atoms with Crippen LogP contribution < -0.4 is 15.8 Å². The largest absolute Gasteiger partial charge is 0.366 e. The number of carbonyl (C=O) groups excluding carboxylic acids is 1. The van der Waals surface area contributed by atoms with E-state index in [2.05, 4.69) is 10.0 Å². The molecular formula is C12H19N3O3S. The number of sulfonamides is 1. The van der Waals surface area contributed by atoms with Crippen LogP contribution in [0.1, 0.15) is 23.7 Å². The summed E-state index contributed by atoms with van der Waals surface area (Å²) in [6.45, 7) is 3.73. The number of hydrogen-bond acceptors (Lipinski definition) is 4. The molecule has 106 valence electrons. The molecular weight excluding hydrogens is 266 g/mol. The number of primary amides is 1. The van der Waals surface area contributed by atoms with Gasteiger partial charge in [0.1, 0.15) is 0 Å². The zero-order valence-corrected chi connectivity index (χ0v) is 11.7. The van der Waals surface area contributed by atoms with Gasteiger partial charge in [0.25, 0.3) is 0 Å². The molecule has 1 amide bonds. The Hall–Kier alpha value is -1.44. The molecule has 0 spiro atoms. The second kappa shape index (κ2) is 7.22. The zero-order chi connectivity index (χ0) is 14.3. The quantitative estimate of drug-likeness (QED) is 0.588. The van der Waals surface area contributed by atoms with Gasteiger partial charge >= 0.3 is 0 Å². The smallest absolute Gasteiger partial charge is 0.248 e. The number of amides is 1. The fourth-order valence-corrected chi connectivity index (χ4v) is 2.55. The van der Waals surface area contributed by atoms with Crippen molar-refractivity contribution in [1.29, 1.82) is 0 Å². The van der Waals surface area contributed by atoms with Gasteiger partial charge in [-0.3, -0.25) is 4.79 Å². The molecule has 4 N–H and O–H groups in total. The number of nitrogens with two attached hydrogens (primary N) is 1. The summed E-state index contributed by atoms with van der Waals surface area (Å²) in [5.41, 5.74) is 5.29. The molecule has 0 aliphatic carbocycles. The predicted molar refractivity (Wildman–Crippen MR) is 73.3 cm³/mol. The molecule has 0 unspecified atom stereocenters. The van der Waals surface area contributed by atoms with Gasteiger partial charge in [-0.05, 0) is 31.2 Å². The maximum atomic E-state index is 11.9. The molecule has 1 aromatic carbocycles. The Kier molecular flexibility index (Phi) is 5.94. The molecule has 0 aliphatic heterocycles. The van der Waals surface area contributed by atoms with Gasteiger partial charge in [-0.25, -0.2) is 13.1 Å². The molecule has 0 radical (unpaired) electrons. The fraction of sp³-hybridized carbons (Fsp3) is 0.417. The molecule has 0 fully saturated rings. The first-order chi connectivity index (χ1) is 8.97. The number of nitrogens with one attached hydrogen (secondary N) is 2. The maximum absolute atomic E-state index is 11.9. The van der Waals surface area contributed by atoms with Gasteiger partial charge in [-0.2, -0.15) is 0 Å². The third-order valence-electron chi connectivity index (χ3n) is 2.45. The molecule has 7 heteroatoms. The predicted octanol–water partition coefficient (Wildman–Crippen LogP) is 0.0634. The van der Waals surface area contributed by atoms with Crippen molar-refractivity contribution >= 4 is 15.9 Å². The molecule has 0 bridgehead atoms. The van der Waals surface area contributed by atoms with E-state index < -0.39 is 15.9 Å². The summed E-state index contributed by atoms with van der Waals surface area (Å²) in [6.07, 6.45) is 0.993. The highest BCUT2D eigenvalue weighted by Crippen LogP contribution is 2.10. The molecule has 6 nitrogen and oxygen atoms in total. The van der Waals surface area contributed by atoms with Gasteiger partial charge < -0.3 is 11.1 Å². The summed E-state index contributed by atoms with van der Waals surface area (Å²) in [7, 11) is -3.60. The van der Waals surface area contributed by atoms with E-state index in [9.17, 15) is 13.2 Å². The Morgan fingerprint density at radius 3 is 2.63 bits per heavy atom. The normalized spacial score (nSPS) is 11.4. The van der Waals surface area contributed by atoms with Crippen molar-refractivity contribution < 1.29 is 13.2 Å². The molecule has 0 aromatic heterocycles. The van der Waals surface area contributed by atoms with Crippen LogP contribution in [0, 0.1) is 0 Å². The van der Waals surface area contributed by atoms with Gasteiger partial charge in [-0.15, -0.1) is 0 Å². The highest BCUT2D eigenvalue weighted by molar-refractivity contribution is 7.89. The average Bonchev–Trinajstić information content (AvgIpc) is 2.38. The minimum atomic E-state index is -3.60. The van der Waals surface area contributed by atoms with E-state index in [0.717, 1.165) is 13.0 Å². The first kappa shape index (κ1) is 15.6. The van der Waals surface area contributed by atoms with Crippen molar-refractivity contribution in [3.8, 4) is 0 Å². The molecule has 1 rings (SSSR count). The Morgan fingerprint density at radius 2 is 2.00 bits per heavy atom. The molecule has 0 saturated carbocycles. The summed E-state index contributed by atoms with van der Waals surface area (Å²) in [4.78, 5) is 11.1. The molecule has 0 atom stereocenters. The average molecular weight is 285 g/mol. The number of carbonyl (C=O) groups is 1. The van der Waals surface area contributed by atoms with Crippen molar-refractivity contribution in [1.82, 2.24) is 10.0 Å². The van der Waals surface area contributed by atoms with Crippen molar-refractivity contribution in [2.24, 2.45) is 5.73 Å². The Bertz CT molecular complexity index is 529. The van der Waals surface area contributed by atoms with E-state index in [0.29, 0.717) is 13.1 Å². The fourth-order valence-electron chi connectivity index (χ4n) is 1.48. The van der Waals surface area contributed by atoms with Crippen molar-refractivity contribution in [3.63, 3.8) is 0 Å². The molecule has 0 saturated heterocycles. The summed E-state index contributed by atoms with van der Waals surface area (Å²) in [6, 6.07) is 5.66. The van der Waals surface area contributed by atoms with Gasteiger partial charge in [0.15, 0.2) is 0 Å². The van der Waals surface area contributed by atoms with E-state index >= 15 is 0 Å². The van der Waals surface area contributed by atoms with Crippen LogP contribution in [0.15, 0.2) is 29.2 Å². The molecule has 1 aromatic rings. The van der Waals surface area contributed by atoms with E-state index in [1.807, 2.05) is 6.92 Å². The van der Waals surface area contributed by atoms with Crippen LogP contribution in [-0.2, 0) is 10.0 Å². The lowest BCUT2D eigenvalue weighted by molar-refractivity contribution is 0.1000. The van der Waals surface area contributed by atoms with Gasteiger partial charge in [0.2, 0.25) is 15.9 Å². The Balaban J connectivity index is 2.66. The standard InChI is InChI=1S/C12H19N3O3S/c1-2-6-14-7-8-15-19(17,18)11-5-3-4-10(9-11)12(13)16/h3-5,9,14-15H,2,6-8H2,1H3,(H2,13,16). The minimum Gasteiger partial charge on any atom is -0.366 e. The van der Waals surface area contributed by atoms with Gasteiger partial charge in [0, 0.05) is 18.7 Å². The molecule has 0 heterocycles. The maximum Gasteiger partial charge on any atom is 0.248 e. The van der Waals surface area contributed by atoms with Crippen LogP contribution in [-0.4, -0.2) is 34.0 Å². The van der Waals surface area contributed by atoms with Crippen LogP contribution in [0.25, 0.3) is 0 Å². The van der Waals surface area contributed by atoms with Crippen LogP contribution in [0.5, 0.6) is 0 Å². The lowest BCUT2D eigenvalue weighted by atomic mass is 10.2. The summed E-state index contributed by atoms with van der Waals surface area (Å²) < 4.78 is 26.4. The van der Waals surface area contributed by atoms with Crippen LogP contribution in [0.4, 0.5) is 0 Å². The van der Waals surface area contributed by atoms with Crippen LogP contribution in [0.2, 0.25) is 0 Å². The number of benzene rings is 1. The number of hydrogen-bond donors (Lipinski definition) is 3. The van der Waals surface area contributed by atoms with Crippen LogP contribution in [0.3, 0.4) is 0 Å². The third kappa shape index (κ3) is 4.98. The summed E-state index contributed by atoms with van der Waals surface area (Å²) in [5.74, 6) is -0.651. The molecule has 19 heavy (non-hydrogen) atoms. The van der Waals surface area contributed by atoms with Crippen molar-refractivity contribution in [2.75, 3.05) is 19.6 Å². The zero-order valence-electron chi connectivity index (χ0n) is 10.8. The van der Waals surface area contributed by atoms with E-state index in [-0.39, 0.29) is 10.5 Å². The molecule has 0 aliphatic rings. The lowest BCUT2D eigenvalue weighted by Crippen LogP contribution is -2.32. The Labute approximate surface area is 113 Å².